The van der Waals surface area contributed by atoms with Crippen molar-refractivity contribution >= 4 is 0 Å². The van der Waals surface area contributed by atoms with Crippen molar-refractivity contribution in [3.63, 3.8) is 0 Å². The van der Waals surface area contributed by atoms with E-state index in [0.29, 0.717) is 0 Å². The summed E-state index contributed by atoms with van der Waals surface area (Å²) >= 11 is 0. The first-order valence-corrected chi connectivity index (χ1v) is 8.74. The van der Waals surface area contributed by atoms with Gasteiger partial charge < -0.3 is 14.5 Å². The van der Waals surface area contributed by atoms with Gasteiger partial charge in [-0.25, -0.2) is 0 Å². The molecule has 1 aliphatic rings. The number of likely N-dealkylation sites (N-methyl/N-ethyl adjacent to an activating group) is 1. The highest BCUT2D eigenvalue weighted by molar-refractivity contribution is 5.44. The minimum absolute atomic E-state index is 0.815. The Morgan fingerprint density at radius 1 is 1.09 bits per heavy atom. The minimum atomic E-state index is 0.815. The van der Waals surface area contributed by atoms with Crippen molar-refractivity contribution in [2.45, 2.75) is 40.0 Å². The van der Waals surface area contributed by atoms with Crippen molar-refractivity contribution in [3.05, 3.63) is 28.8 Å². The van der Waals surface area contributed by atoms with E-state index in [1.54, 1.807) is 0 Å². The number of nitrogens with zero attached hydrogens (tertiary/aromatic N) is 2. The number of benzene rings is 1. The van der Waals surface area contributed by atoms with Crippen LogP contribution in [-0.4, -0.2) is 56.2 Å². The van der Waals surface area contributed by atoms with Gasteiger partial charge in [0.05, 0.1) is 6.61 Å². The Labute approximate surface area is 136 Å². The van der Waals surface area contributed by atoms with E-state index in [2.05, 4.69) is 49.8 Å². The maximum absolute atomic E-state index is 6.01. The number of aryl methyl sites for hydroxylation is 3. The Balaban J connectivity index is 1.90. The second-order valence-electron chi connectivity index (χ2n) is 6.67. The number of ether oxygens (including phenoxy) is 1. The van der Waals surface area contributed by atoms with Gasteiger partial charge in [-0.2, -0.15) is 0 Å². The molecule has 0 saturated carbocycles. The number of rotatable bonds is 7. The first kappa shape index (κ1) is 17.3. The van der Waals surface area contributed by atoms with Crippen LogP contribution in [-0.2, 0) is 6.42 Å². The van der Waals surface area contributed by atoms with Crippen LogP contribution in [0.25, 0.3) is 0 Å². The highest BCUT2D eigenvalue weighted by Crippen LogP contribution is 2.27. The molecule has 1 aromatic rings. The van der Waals surface area contributed by atoms with E-state index >= 15 is 0 Å². The number of piperazine rings is 1. The average Bonchev–Trinajstić information content (AvgIpc) is 2.48. The zero-order valence-corrected chi connectivity index (χ0v) is 14.8. The highest BCUT2D eigenvalue weighted by Gasteiger charge is 2.14. The van der Waals surface area contributed by atoms with E-state index in [0.717, 1.165) is 25.2 Å². The van der Waals surface area contributed by atoms with E-state index in [1.807, 2.05) is 0 Å². The Bertz CT molecular complexity index is 465. The van der Waals surface area contributed by atoms with Crippen molar-refractivity contribution in [2.75, 3.05) is 46.4 Å². The van der Waals surface area contributed by atoms with E-state index < -0.39 is 0 Å². The predicted octanol–water partition coefficient (Wildman–Crippen LogP) is 3.27. The molecule has 1 aromatic carbocycles. The largest absolute Gasteiger partial charge is 0.493 e. The Hall–Kier alpha value is -1.06. The normalized spacial score (nSPS) is 16.9. The molecule has 0 spiro atoms. The lowest BCUT2D eigenvalue weighted by molar-refractivity contribution is 0.153. The van der Waals surface area contributed by atoms with Crippen molar-refractivity contribution < 1.29 is 4.74 Å². The lowest BCUT2D eigenvalue weighted by Gasteiger charge is -2.32. The molecule has 0 radical (unpaired) electrons. The van der Waals surface area contributed by atoms with Crippen molar-refractivity contribution in [3.8, 4) is 5.75 Å². The van der Waals surface area contributed by atoms with Crippen LogP contribution in [0.1, 0.15) is 36.5 Å². The summed E-state index contributed by atoms with van der Waals surface area (Å²) in [5, 5.41) is 0. The summed E-state index contributed by atoms with van der Waals surface area (Å²) < 4.78 is 6.01. The molecule has 124 valence electrons. The molecular formula is C19H32N2O. The second-order valence-corrected chi connectivity index (χ2v) is 6.67. The van der Waals surface area contributed by atoms with Gasteiger partial charge in [0.2, 0.25) is 0 Å². The van der Waals surface area contributed by atoms with Crippen LogP contribution in [0.5, 0.6) is 5.75 Å². The quantitative estimate of drug-likeness (QED) is 0.769. The fourth-order valence-corrected chi connectivity index (χ4v) is 3.20. The van der Waals surface area contributed by atoms with Crippen LogP contribution in [0.2, 0.25) is 0 Å². The third-order valence-corrected chi connectivity index (χ3v) is 4.46. The minimum Gasteiger partial charge on any atom is -0.493 e. The van der Waals surface area contributed by atoms with Crippen LogP contribution in [0.3, 0.4) is 0 Å². The molecule has 0 atom stereocenters. The molecule has 3 nitrogen and oxygen atoms in total. The maximum atomic E-state index is 6.01. The molecule has 0 aliphatic carbocycles. The summed E-state index contributed by atoms with van der Waals surface area (Å²) in [6.45, 7) is 13.4. The third kappa shape index (κ3) is 4.99. The lowest BCUT2D eigenvalue weighted by Crippen LogP contribution is -2.44. The van der Waals surface area contributed by atoms with Gasteiger partial charge in [-0.05, 0) is 57.8 Å². The zero-order chi connectivity index (χ0) is 15.9. The van der Waals surface area contributed by atoms with E-state index in [-0.39, 0.29) is 0 Å². The molecule has 1 saturated heterocycles. The maximum Gasteiger partial charge on any atom is 0.125 e. The monoisotopic (exact) mass is 304 g/mol. The first-order chi connectivity index (χ1) is 10.6. The molecule has 0 N–H and O–H groups in total. The fraction of sp³-hybridized carbons (Fsp3) is 0.684. The topological polar surface area (TPSA) is 15.7 Å². The van der Waals surface area contributed by atoms with Crippen LogP contribution in [0, 0.1) is 13.8 Å². The Morgan fingerprint density at radius 2 is 1.82 bits per heavy atom. The fourth-order valence-electron chi connectivity index (χ4n) is 3.20. The highest BCUT2D eigenvalue weighted by atomic mass is 16.5. The smallest absolute Gasteiger partial charge is 0.125 e. The zero-order valence-electron chi connectivity index (χ0n) is 14.8. The van der Waals surface area contributed by atoms with Gasteiger partial charge in [0.15, 0.2) is 0 Å². The first-order valence-electron chi connectivity index (χ1n) is 8.74. The van der Waals surface area contributed by atoms with Crippen LogP contribution < -0.4 is 4.74 Å². The van der Waals surface area contributed by atoms with Gasteiger partial charge in [0, 0.05) is 26.2 Å². The van der Waals surface area contributed by atoms with E-state index in [4.69, 9.17) is 4.74 Å². The van der Waals surface area contributed by atoms with Gasteiger partial charge in [0.25, 0.3) is 0 Å². The third-order valence-electron chi connectivity index (χ3n) is 4.46. The van der Waals surface area contributed by atoms with Crippen LogP contribution in [0.15, 0.2) is 12.1 Å². The van der Waals surface area contributed by atoms with Crippen LogP contribution >= 0.6 is 0 Å². The SMILES string of the molecule is CCCOc1c(C)cc(C)cc1CCCN1CCN(C)CC1. The Kier molecular flexibility index (Phi) is 6.71. The van der Waals surface area contributed by atoms with Gasteiger partial charge in [-0.3, -0.25) is 0 Å². The molecule has 22 heavy (non-hydrogen) atoms. The summed E-state index contributed by atoms with van der Waals surface area (Å²) in [6, 6.07) is 4.54. The lowest BCUT2D eigenvalue weighted by atomic mass is 10.0. The molecule has 1 aliphatic heterocycles. The van der Waals surface area contributed by atoms with E-state index in [1.165, 1.54) is 55.8 Å². The number of hydrogen-bond acceptors (Lipinski definition) is 3. The second kappa shape index (κ2) is 8.54. The molecule has 0 amide bonds. The van der Waals surface area contributed by atoms with Crippen LogP contribution in [0.4, 0.5) is 0 Å². The molecule has 0 unspecified atom stereocenters. The summed E-state index contributed by atoms with van der Waals surface area (Å²) in [5.41, 5.74) is 4.01. The van der Waals surface area contributed by atoms with Gasteiger partial charge in [-0.15, -0.1) is 0 Å². The molecule has 2 rings (SSSR count). The molecule has 0 aromatic heterocycles. The predicted molar refractivity (Wildman–Crippen MR) is 94.0 cm³/mol. The molecule has 0 bridgehead atoms. The Morgan fingerprint density at radius 3 is 2.50 bits per heavy atom. The molecular weight excluding hydrogens is 272 g/mol. The molecule has 1 fully saturated rings. The van der Waals surface area contributed by atoms with Gasteiger partial charge in [0.1, 0.15) is 5.75 Å². The molecule has 1 heterocycles. The summed E-state index contributed by atoms with van der Waals surface area (Å²) in [6.07, 6.45) is 3.40. The van der Waals surface area contributed by atoms with Gasteiger partial charge in [-0.1, -0.05) is 24.6 Å². The average molecular weight is 304 g/mol. The molecule has 3 heteroatoms. The standard InChI is InChI=1S/C19H32N2O/c1-5-13-22-19-17(3)14-16(2)15-18(19)7-6-8-21-11-9-20(4)10-12-21/h14-15H,5-13H2,1-4H3. The van der Waals surface area contributed by atoms with Crippen molar-refractivity contribution in [1.29, 1.82) is 0 Å². The summed E-state index contributed by atoms with van der Waals surface area (Å²) in [7, 11) is 2.21. The van der Waals surface area contributed by atoms with Crippen molar-refractivity contribution in [1.82, 2.24) is 9.80 Å². The number of hydrogen-bond donors (Lipinski definition) is 0. The van der Waals surface area contributed by atoms with Gasteiger partial charge >= 0.3 is 0 Å². The summed E-state index contributed by atoms with van der Waals surface area (Å²) in [4.78, 5) is 5.01. The summed E-state index contributed by atoms with van der Waals surface area (Å²) in [5.74, 6) is 1.13. The van der Waals surface area contributed by atoms with E-state index in [9.17, 15) is 0 Å². The van der Waals surface area contributed by atoms with Crippen molar-refractivity contribution in [2.24, 2.45) is 0 Å².